The average Bonchev–Trinajstić information content (AvgIpc) is 2.25. The molecule has 0 saturated carbocycles. The maximum Gasteiger partial charge on any atom is 0.275 e. The van der Waals surface area contributed by atoms with Crippen LogP contribution in [0.3, 0.4) is 0 Å². The summed E-state index contributed by atoms with van der Waals surface area (Å²) in [6.07, 6.45) is 0.0888. The van der Waals surface area contributed by atoms with E-state index in [1.165, 1.54) is 14.2 Å². The normalized spacial score (nSPS) is 11.4. The van der Waals surface area contributed by atoms with Gasteiger partial charge in [-0.25, -0.2) is 0 Å². The van der Waals surface area contributed by atoms with Gasteiger partial charge in [0.25, 0.3) is 5.97 Å². The van der Waals surface area contributed by atoms with Crippen molar-refractivity contribution in [1.82, 2.24) is 0 Å². The quantitative estimate of drug-likeness (QED) is 0.708. The zero-order valence-corrected chi connectivity index (χ0v) is 11.2. The van der Waals surface area contributed by atoms with Crippen molar-refractivity contribution < 1.29 is 24.8 Å². The lowest BCUT2D eigenvalue weighted by atomic mass is 10.1. The lowest BCUT2D eigenvalue weighted by Crippen LogP contribution is -2.27. The fourth-order valence-corrected chi connectivity index (χ4v) is 1.91. The van der Waals surface area contributed by atoms with Crippen molar-refractivity contribution in [3.8, 4) is 11.5 Å². The number of ether oxygens (including phenoxy) is 2. The number of hydrogen-bond donors (Lipinski definition) is 3. The summed E-state index contributed by atoms with van der Waals surface area (Å²) in [7, 11) is 3.05. The Morgan fingerprint density at radius 1 is 1.12 bits per heavy atom. The van der Waals surface area contributed by atoms with Gasteiger partial charge >= 0.3 is 0 Å². The molecule has 0 heterocycles. The van der Waals surface area contributed by atoms with E-state index in [4.69, 9.17) is 24.8 Å². The Morgan fingerprint density at radius 2 is 1.65 bits per heavy atom. The van der Waals surface area contributed by atoms with Crippen LogP contribution in [0, 0.1) is 0 Å². The molecule has 17 heavy (non-hydrogen) atoms. The van der Waals surface area contributed by atoms with Crippen LogP contribution in [-0.4, -0.2) is 35.5 Å². The molecule has 6 heteroatoms. The topological polar surface area (TPSA) is 79.2 Å². The minimum Gasteiger partial charge on any atom is -0.493 e. The number of halogens is 1. The predicted octanol–water partition coefficient (Wildman–Crippen LogP) is 1.03. The first-order chi connectivity index (χ1) is 7.87. The number of aliphatic hydroxyl groups is 3. The predicted molar refractivity (Wildman–Crippen MR) is 65.0 cm³/mol. The largest absolute Gasteiger partial charge is 0.493 e. The van der Waals surface area contributed by atoms with Gasteiger partial charge in [-0.1, -0.05) is 15.9 Å². The first kappa shape index (κ1) is 14.2. The second-order valence-corrected chi connectivity index (χ2v) is 4.43. The van der Waals surface area contributed by atoms with Crippen LogP contribution in [0.5, 0.6) is 11.5 Å². The fraction of sp³-hybridized carbons (Fsp3) is 0.455. The number of benzene rings is 1. The van der Waals surface area contributed by atoms with E-state index in [1.807, 2.05) is 0 Å². The molecule has 3 N–H and O–H groups in total. The zero-order valence-electron chi connectivity index (χ0n) is 9.61. The van der Waals surface area contributed by atoms with E-state index in [0.717, 1.165) is 10.0 Å². The summed E-state index contributed by atoms with van der Waals surface area (Å²) in [5.41, 5.74) is 0.782. The van der Waals surface area contributed by atoms with Crippen molar-refractivity contribution in [1.29, 1.82) is 0 Å². The van der Waals surface area contributed by atoms with Crippen LogP contribution >= 0.6 is 15.9 Å². The van der Waals surface area contributed by atoms with Crippen molar-refractivity contribution in [3.63, 3.8) is 0 Å². The van der Waals surface area contributed by atoms with Crippen LogP contribution in [0.25, 0.3) is 0 Å². The van der Waals surface area contributed by atoms with Crippen molar-refractivity contribution in [2.75, 3.05) is 14.2 Å². The minimum atomic E-state index is -2.66. The molecular weight excluding hydrogens is 292 g/mol. The van der Waals surface area contributed by atoms with Gasteiger partial charge < -0.3 is 24.8 Å². The van der Waals surface area contributed by atoms with Gasteiger partial charge in [0, 0.05) is 10.9 Å². The van der Waals surface area contributed by atoms with Crippen LogP contribution in [-0.2, 0) is 6.42 Å². The van der Waals surface area contributed by atoms with Crippen molar-refractivity contribution in [3.05, 3.63) is 22.2 Å². The zero-order chi connectivity index (χ0) is 13.1. The Bertz CT molecular complexity index is 386. The second kappa shape index (κ2) is 5.68. The van der Waals surface area contributed by atoms with Crippen LogP contribution in [0.2, 0.25) is 0 Å². The molecule has 0 radical (unpaired) electrons. The van der Waals surface area contributed by atoms with Gasteiger partial charge in [-0.3, -0.25) is 0 Å². The van der Waals surface area contributed by atoms with Crippen molar-refractivity contribution in [2.45, 2.75) is 18.8 Å². The lowest BCUT2D eigenvalue weighted by molar-refractivity contribution is -0.314. The third-order valence-corrected chi connectivity index (χ3v) is 3.02. The van der Waals surface area contributed by atoms with E-state index in [9.17, 15) is 0 Å². The van der Waals surface area contributed by atoms with Gasteiger partial charge in [0.05, 0.1) is 14.2 Å². The van der Waals surface area contributed by atoms with E-state index < -0.39 is 5.97 Å². The minimum absolute atomic E-state index is 0.193. The summed E-state index contributed by atoms with van der Waals surface area (Å²) >= 11 is 3.34. The van der Waals surface area contributed by atoms with E-state index in [0.29, 0.717) is 11.5 Å². The van der Waals surface area contributed by atoms with Gasteiger partial charge in [0.2, 0.25) is 0 Å². The number of rotatable bonds is 5. The Kier molecular flexibility index (Phi) is 4.76. The third-order valence-electron chi connectivity index (χ3n) is 2.28. The van der Waals surface area contributed by atoms with Crippen LogP contribution in [0.1, 0.15) is 12.0 Å². The molecule has 0 saturated heterocycles. The molecule has 0 aliphatic heterocycles. The van der Waals surface area contributed by atoms with Gasteiger partial charge in [0.1, 0.15) is 0 Å². The molecule has 0 fully saturated rings. The van der Waals surface area contributed by atoms with Crippen LogP contribution in [0.4, 0.5) is 0 Å². The van der Waals surface area contributed by atoms with Crippen molar-refractivity contribution >= 4 is 15.9 Å². The van der Waals surface area contributed by atoms with E-state index in [1.54, 1.807) is 12.1 Å². The second-order valence-electron chi connectivity index (χ2n) is 3.57. The highest BCUT2D eigenvalue weighted by Crippen LogP contribution is 2.34. The van der Waals surface area contributed by atoms with Gasteiger partial charge in [-0.15, -0.1) is 0 Å². The standard InChI is InChI=1S/C11H15BrO5/c1-16-9-5-7(3-4-11(13,14)15)8(12)6-10(9)17-2/h5-6,13-15H,3-4H2,1-2H3. The highest BCUT2D eigenvalue weighted by Gasteiger charge is 2.19. The molecule has 0 bridgehead atoms. The Labute approximate surface area is 108 Å². The maximum atomic E-state index is 8.84. The molecule has 0 aliphatic rings. The highest BCUT2D eigenvalue weighted by molar-refractivity contribution is 9.10. The first-order valence-corrected chi connectivity index (χ1v) is 5.74. The molecule has 0 aromatic heterocycles. The molecule has 0 atom stereocenters. The van der Waals surface area contributed by atoms with Crippen molar-refractivity contribution in [2.24, 2.45) is 0 Å². The van der Waals surface area contributed by atoms with E-state index >= 15 is 0 Å². The maximum absolute atomic E-state index is 8.84. The smallest absolute Gasteiger partial charge is 0.275 e. The monoisotopic (exact) mass is 306 g/mol. The summed E-state index contributed by atoms with van der Waals surface area (Å²) in [6, 6.07) is 3.44. The highest BCUT2D eigenvalue weighted by atomic mass is 79.9. The Morgan fingerprint density at radius 3 is 2.12 bits per heavy atom. The molecular formula is C11H15BrO5. The average molecular weight is 307 g/mol. The number of hydrogen-bond acceptors (Lipinski definition) is 5. The van der Waals surface area contributed by atoms with Crippen LogP contribution < -0.4 is 9.47 Å². The molecule has 0 unspecified atom stereocenters. The molecule has 5 nitrogen and oxygen atoms in total. The molecule has 1 aromatic rings. The molecule has 0 aliphatic carbocycles. The van der Waals surface area contributed by atoms with E-state index in [-0.39, 0.29) is 12.8 Å². The summed E-state index contributed by atoms with van der Waals surface area (Å²) in [6.45, 7) is 0. The summed E-state index contributed by atoms with van der Waals surface area (Å²) in [5.74, 6) is -1.54. The molecule has 96 valence electrons. The van der Waals surface area contributed by atoms with Gasteiger partial charge in [-0.05, 0) is 24.1 Å². The number of aryl methyl sites for hydroxylation is 1. The van der Waals surface area contributed by atoms with Gasteiger partial charge in [-0.2, -0.15) is 0 Å². The molecule has 0 spiro atoms. The summed E-state index contributed by atoms with van der Waals surface area (Å²) in [4.78, 5) is 0. The van der Waals surface area contributed by atoms with E-state index in [2.05, 4.69) is 15.9 Å². The Hall–Kier alpha value is -0.820. The summed E-state index contributed by atoms with van der Waals surface area (Å²) < 4.78 is 11.0. The molecule has 0 amide bonds. The lowest BCUT2D eigenvalue weighted by Gasteiger charge is -2.15. The first-order valence-electron chi connectivity index (χ1n) is 4.95. The van der Waals surface area contributed by atoms with Crippen LogP contribution in [0.15, 0.2) is 16.6 Å². The third kappa shape index (κ3) is 4.16. The van der Waals surface area contributed by atoms with Gasteiger partial charge in [0.15, 0.2) is 11.5 Å². The molecule has 1 aromatic carbocycles. The molecule has 1 rings (SSSR count). The SMILES string of the molecule is COc1cc(Br)c(CCC(O)(O)O)cc1OC. The fourth-order valence-electron chi connectivity index (χ4n) is 1.39. The summed E-state index contributed by atoms with van der Waals surface area (Å²) in [5, 5.41) is 26.5. The Balaban J connectivity index is 2.93. The number of methoxy groups -OCH3 is 2.